The number of ether oxygens (including phenoxy) is 1. The zero-order valence-electron chi connectivity index (χ0n) is 7.46. The maximum atomic E-state index is 9.87. The molecule has 1 unspecified atom stereocenters. The van der Waals surface area contributed by atoms with Gasteiger partial charge in [0.2, 0.25) is 0 Å². The van der Waals surface area contributed by atoms with Gasteiger partial charge in [-0.15, -0.1) is 11.6 Å². The Hall–Kier alpha value is 0.210. The van der Waals surface area contributed by atoms with E-state index < -0.39 is 11.0 Å². The van der Waals surface area contributed by atoms with E-state index in [9.17, 15) is 5.11 Å². The molecule has 2 aliphatic heterocycles. The second-order valence-corrected chi connectivity index (χ2v) is 5.01. The first kappa shape index (κ1) is 8.79. The van der Waals surface area contributed by atoms with E-state index in [0.717, 1.165) is 12.8 Å². The molecule has 2 bridgehead atoms. The molecule has 2 saturated heterocycles. The van der Waals surface area contributed by atoms with E-state index in [1.165, 1.54) is 0 Å². The first-order chi connectivity index (χ1) is 5.53. The van der Waals surface area contributed by atoms with Crippen molar-refractivity contribution < 1.29 is 9.84 Å². The van der Waals surface area contributed by atoms with Crippen molar-refractivity contribution in [2.24, 2.45) is 5.92 Å². The fourth-order valence-corrected chi connectivity index (χ4v) is 2.73. The van der Waals surface area contributed by atoms with Crippen LogP contribution < -0.4 is 0 Å². The highest BCUT2D eigenvalue weighted by Gasteiger charge is 2.53. The van der Waals surface area contributed by atoms with Crippen molar-refractivity contribution >= 4 is 11.6 Å². The van der Waals surface area contributed by atoms with Gasteiger partial charge in [-0.25, -0.2) is 0 Å². The highest BCUT2D eigenvalue weighted by molar-refractivity contribution is 6.24. The normalized spacial score (nSPS) is 59.0. The van der Waals surface area contributed by atoms with Crippen molar-refractivity contribution in [2.45, 2.75) is 49.9 Å². The summed E-state index contributed by atoms with van der Waals surface area (Å²) in [5.74, 6) is 0.172. The van der Waals surface area contributed by atoms with E-state index >= 15 is 0 Å². The Morgan fingerprint density at radius 3 is 2.83 bits per heavy atom. The summed E-state index contributed by atoms with van der Waals surface area (Å²) in [4.78, 5) is -0.577. The lowest BCUT2D eigenvalue weighted by Gasteiger charge is -2.42. The van der Waals surface area contributed by atoms with Crippen molar-refractivity contribution in [3.05, 3.63) is 0 Å². The summed E-state index contributed by atoms with van der Waals surface area (Å²) >= 11 is 6.24. The number of alkyl halides is 1. The zero-order valence-corrected chi connectivity index (χ0v) is 8.21. The fraction of sp³-hybridized carbons (Fsp3) is 1.00. The molecule has 0 spiro atoms. The molecule has 3 heteroatoms. The molecule has 12 heavy (non-hydrogen) atoms. The predicted molar refractivity (Wildman–Crippen MR) is 47.3 cm³/mol. The average Bonchev–Trinajstić information content (AvgIpc) is 2.46. The molecule has 0 aromatic carbocycles. The lowest BCUT2D eigenvalue weighted by molar-refractivity contribution is -0.114. The number of halogens is 1. The molecule has 2 heterocycles. The van der Waals surface area contributed by atoms with Crippen LogP contribution in [0.25, 0.3) is 0 Å². The molecule has 5 atom stereocenters. The third-order valence-corrected chi connectivity index (χ3v) is 3.81. The number of aliphatic hydroxyl groups excluding tert-OH is 1. The number of hydrogen-bond acceptors (Lipinski definition) is 2. The number of aliphatic hydroxyl groups is 1. The zero-order chi connectivity index (χ0) is 8.93. The predicted octanol–water partition coefficient (Wildman–Crippen LogP) is 1.54. The highest BCUT2D eigenvalue weighted by Crippen LogP contribution is 2.45. The van der Waals surface area contributed by atoms with Gasteiger partial charge < -0.3 is 9.84 Å². The van der Waals surface area contributed by atoms with Gasteiger partial charge in [-0.05, 0) is 19.8 Å². The standard InChI is InChI=1S/C9H15ClO2/c1-5-6-3-4-7(12-6)9(2,10)8(5)11/h5-8,11H,3-4H2,1-2H3/t5-,6+,7-,8?,9+/m0/s1. The summed E-state index contributed by atoms with van der Waals surface area (Å²) in [5.41, 5.74) is 0. The van der Waals surface area contributed by atoms with E-state index in [4.69, 9.17) is 16.3 Å². The van der Waals surface area contributed by atoms with Crippen LogP contribution in [0.4, 0.5) is 0 Å². The van der Waals surface area contributed by atoms with Gasteiger partial charge in [0.1, 0.15) is 0 Å². The molecular formula is C9H15ClO2. The van der Waals surface area contributed by atoms with Gasteiger partial charge in [0.15, 0.2) is 0 Å². The molecule has 0 aliphatic carbocycles. The minimum absolute atomic E-state index is 0.0513. The lowest BCUT2D eigenvalue weighted by Crippen LogP contribution is -2.54. The van der Waals surface area contributed by atoms with Gasteiger partial charge in [-0.1, -0.05) is 6.92 Å². The largest absolute Gasteiger partial charge is 0.391 e. The second kappa shape index (κ2) is 2.60. The van der Waals surface area contributed by atoms with E-state index in [1.54, 1.807) is 0 Å². The summed E-state index contributed by atoms with van der Waals surface area (Å²) in [6.07, 6.45) is 1.90. The molecule has 70 valence electrons. The molecular weight excluding hydrogens is 176 g/mol. The molecule has 2 fully saturated rings. The summed E-state index contributed by atoms with van der Waals surface area (Å²) in [6, 6.07) is 0. The molecule has 2 rings (SSSR count). The van der Waals surface area contributed by atoms with Crippen LogP contribution in [0.1, 0.15) is 26.7 Å². The van der Waals surface area contributed by atoms with E-state index in [-0.39, 0.29) is 18.1 Å². The van der Waals surface area contributed by atoms with Gasteiger partial charge in [0.25, 0.3) is 0 Å². The van der Waals surface area contributed by atoms with E-state index in [1.807, 2.05) is 13.8 Å². The van der Waals surface area contributed by atoms with Crippen LogP contribution in [0.2, 0.25) is 0 Å². The maximum absolute atomic E-state index is 9.87. The van der Waals surface area contributed by atoms with Crippen molar-refractivity contribution in [1.82, 2.24) is 0 Å². The molecule has 0 aromatic heterocycles. The second-order valence-electron chi connectivity index (χ2n) is 4.20. The molecule has 0 amide bonds. The Labute approximate surface area is 77.9 Å². The highest BCUT2D eigenvalue weighted by atomic mass is 35.5. The minimum atomic E-state index is -0.577. The average molecular weight is 191 g/mol. The third-order valence-electron chi connectivity index (χ3n) is 3.34. The number of hydrogen-bond donors (Lipinski definition) is 1. The van der Waals surface area contributed by atoms with E-state index in [0.29, 0.717) is 0 Å². The van der Waals surface area contributed by atoms with Gasteiger partial charge in [-0.2, -0.15) is 0 Å². The Morgan fingerprint density at radius 2 is 2.17 bits per heavy atom. The minimum Gasteiger partial charge on any atom is -0.391 e. The molecule has 2 aliphatic rings. The van der Waals surface area contributed by atoms with Crippen molar-refractivity contribution in [2.75, 3.05) is 0 Å². The summed E-state index contributed by atoms with van der Waals surface area (Å²) in [5, 5.41) is 9.87. The van der Waals surface area contributed by atoms with Gasteiger partial charge in [0.05, 0.1) is 23.2 Å². The quantitative estimate of drug-likeness (QED) is 0.588. The van der Waals surface area contributed by atoms with Gasteiger partial charge >= 0.3 is 0 Å². The first-order valence-electron chi connectivity index (χ1n) is 4.56. The monoisotopic (exact) mass is 190 g/mol. The van der Waals surface area contributed by atoms with Crippen molar-refractivity contribution in [3.8, 4) is 0 Å². The van der Waals surface area contributed by atoms with Crippen LogP contribution in [-0.2, 0) is 4.74 Å². The smallest absolute Gasteiger partial charge is 0.0940 e. The first-order valence-corrected chi connectivity index (χ1v) is 4.93. The summed E-state index contributed by atoms with van der Waals surface area (Å²) in [6.45, 7) is 3.89. The van der Waals surface area contributed by atoms with Crippen LogP contribution in [0.3, 0.4) is 0 Å². The molecule has 1 N–H and O–H groups in total. The van der Waals surface area contributed by atoms with Crippen molar-refractivity contribution in [3.63, 3.8) is 0 Å². The number of rotatable bonds is 0. The molecule has 0 saturated carbocycles. The Bertz CT molecular complexity index is 193. The van der Waals surface area contributed by atoms with Crippen LogP contribution in [0.15, 0.2) is 0 Å². The van der Waals surface area contributed by atoms with Gasteiger partial charge in [0, 0.05) is 5.92 Å². The SMILES string of the molecule is C[C@@H]1C(O)[C@](C)(Cl)[C@@H]2CC[C@H]1O2. The third kappa shape index (κ3) is 1.02. The maximum Gasteiger partial charge on any atom is 0.0940 e. The van der Waals surface area contributed by atoms with Crippen LogP contribution in [-0.4, -0.2) is 28.3 Å². The topological polar surface area (TPSA) is 29.5 Å². The van der Waals surface area contributed by atoms with Crippen LogP contribution in [0, 0.1) is 5.92 Å². The Morgan fingerprint density at radius 1 is 1.50 bits per heavy atom. The number of fused-ring (bicyclic) bond motifs is 2. The van der Waals surface area contributed by atoms with Crippen molar-refractivity contribution in [1.29, 1.82) is 0 Å². The fourth-order valence-electron chi connectivity index (χ4n) is 2.37. The summed E-state index contributed by atoms with van der Waals surface area (Å²) < 4.78 is 5.70. The van der Waals surface area contributed by atoms with Crippen LogP contribution in [0.5, 0.6) is 0 Å². The Kier molecular flexibility index (Phi) is 1.90. The van der Waals surface area contributed by atoms with Gasteiger partial charge in [-0.3, -0.25) is 0 Å². The van der Waals surface area contributed by atoms with E-state index in [2.05, 4.69) is 0 Å². The molecule has 2 nitrogen and oxygen atoms in total. The lowest BCUT2D eigenvalue weighted by atomic mass is 9.86. The Balaban J connectivity index is 2.26. The van der Waals surface area contributed by atoms with Crippen LogP contribution >= 0.6 is 11.6 Å². The summed E-state index contributed by atoms with van der Waals surface area (Å²) in [7, 11) is 0. The molecule has 0 radical (unpaired) electrons. The molecule has 0 aromatic rings.